The average Bonchev–Trinajstić information content (AvgIpc) is 2.52. The number of rotatable bonds is 1. The summed E-state index contributed by atoms with van der Waals surface area (Å²) in [4.78, 5) is 22.5. The number of hydrogen-bond acceptors (Lipinski definition) is 2. The van der Waals surface area contributed by atoms with Gasteiger partial charge in [-0.05, 0) is 34.1 Å². The SMILES string of the molecule is O=c1[nH][nH]c(=O)n1-c1ccc(Br)c(Cl)c1. The van der Waals surface area contributed by atoms with Crippen molar-refractivity contribution >= 4 is 27.5 Å². The van der Waals surface area contributed by atoms with Crippen molar-refractivity contribution in [1.82, 2.24) is 14.8 Å². The number of aromatic nitrogens is 3. The van der Waals surface area contributed by atoms with Gasteiger partial charge in [-0.1, -0.05) is 11.6 Å². The summed E-state index contributed by atoms with van der Waals surface area (Å²) in [5, 5.41) is 4.80. The van der Waals surface area contributed by atoms with Gasteiger partial charge in [-0.25, -0.2) is 24.4 Å². The van der Waals surface area contributed by atoms with Gasteiger partial charge in [0.25, 0.3) is 0 Å². The maximum atomic E-state index is 11.3. The number of nitrogens with one attached hydrogen (secondary N) is 2. The fraction of sp³-hybridized carbons (Fsp3) is 0. The van der Waals surface area contributed by atoms with Crippen LogP contribution in [0.1, 0.15) is 0 Å². The van der Waals surface area contributed by atoms with Crippen LogP contribution in [0, 0.1) is 0 Å². The van der Waals surface area contributed by atoms with Crippen molar-refractivity contribution in [3.63, 3.8) is 0 Å². The number of benzene rings is 1. The lowest BCUT2D eigenvalue weighted by Gasteiger charge is -2.00. The van der Waals surface area contributed by atoms with Crippen molar-refractivity contribution in [2.45, 2.75) is 0 Å². The van der Waals surface area contributed by atoms with Gasteiger partial charge < -0.3 is 0 Å². The molecule has 0 radical (unpaired) electrons. The molecule has 1 heterocycles. The highest BCUT2D eigenvalue weighted by atomic mass is 79.9. The Morgan fingerprint density at radius 2 is 1.80 bits per heavy atom. The van der Waals surface area contributed by atoms with Crippen molar-refractivity contribution in [2.24, 2.45) is 0 Å². The highest BCUT2D eigenvalue weighted by molar-refractivity contribution is 9.10. The quantitative estimate of drug-likeness (QED) is 0.830. The first-order chi connectivity index (χ1) is 7.09. The van der Waals surface area contributed by atoms with Crippen molar-refractivity contribution in [2.75, 3.05) is 0 Å². The van der Waals surface area contributed by atoms with Gasteiger partial charge in [0, 0.05) is 4.47 Å². The Morgan fingerprint density at radius 1 is 1.20 bits per heavy atom. The van der Waals surface area contributed by atoms with Crippen LogP contribution in [0.3, 0.4) is 0 Å². The summed E-state index contributed by atoms with van der Waals surface area (Å²) in [6.07, 6.45) is 0. The number of halogens is 2. The van der Waals surface area contributed by atoms with Crippen LogP contribution >= 0.6 is 27.5 Å². The zero-order valence-corrected chi connectivity index (χ0v) is 9.59. The summed E-state index contributed by atoms with van der Waals surface area (Å²) in [6, 6.07) is 4.80. The van der Waals surface area contributed by atoms with E-state index in [1.165, 1.54) is 6.07 Å². The minimum atomic E-state index is -0.529. The third-order valence-electron chi connectivity index (χ3n) is 1.84. The van der Waals surface area contributed by atoms with E-state index in [4.69, 9.17) is 11.6 Å². The third-order valence-corrected chi connectivity index (χ3v) is 3.08. The van der Waals surface area contributed by atoms with E-state index >= 15 is 0 Å². The molecule has 0 spiro atoms. The lowest BCUT2D eigenvalue weighted by atomic mass is 10.3. The number of hydrogen-bond donors (Lipinski definition) is 2. The topological polar surface area (TPSA) is 70.7 Å². The summed E-state index contributed by atoms with van der Waals surface area (Å²) in [5.74, 6) is 0. The Kier molecular flexibility index (Phi) is 2.54. The van der Waals surface area contributed by atoms with Crippen LogP contribution in [0.15, 0.2) is 32.3 Å². The number of nitrogens with zero attached hydrogens (tertiary/aromatic N) is 1. The number of aromatic amines is 2. The van der Waals surface area contributed by atoms with E-state index in [1.54, 1.807) is 12.1 Å². The molecule has 7 heteroatoms. The fourth-order valence-electron chi connectivity index (χ4n) is 1.17. The zero-order chi connectivity index (χ0) is 11.0. The van der Waals surface area contributed by atoms with Crippen molar-refractivity contribution in [3.8, 4) is 5.69 Å². The Hall–Kier alpha value is -1.27. The average molecular weight is 291 g/mol. The molecule has 2 rings (SSSR count). The monoisotopic (exact) mass is 289 g/mol. The second-order valence-corrected chi connectivity index (χ2v) is 4.06. The summed E-state index contributed by atoms with van der Waals surface area (Å²) < 4.78 is 1.66. The molecule has 0 aliphatic heterocycles. The second-order valence-electron chi connectivity index (χ2n) is 2.79. The Labute approximate surface area is 96.8 Å². The molecule has 1 aromatic carbocycles. The molecule has 2 aromatic rings. The molecule has 0 aliphatic rings. The highest BCUT2D eigenvalue weighted by Gasteiger charge is 2.07. The first-order valence-electron chi connectivity index (χ1n) is 3.95. The van der Waals surface area contributed by atoms with Gasteiger partial charge in [-0.15, -0.1) is 0 Å². The summed E-state index contributed by atoms with van der Waals surface area (Å²) in [5.41, 5.74) is -0.646. The van der Waals surface area contributed by atoms with Crippen LogP contribution < -0.4 is 11.4 Å². The molecule has 0 unspecified atom stereocenters. The van der Waals surface area contributed by atoms with Gasteiger partial charge in [0.15, 0.2) is 0 Å². The van der Waals surface area contributed by atoms with Gasteiger partial charge in [0.05, 0.1) is 10.7 Å². The molecule has 15 heavy (non-hydrogen) atoms. The molecule has 0 amide bonds. The minimum absolute atomic E-state index is 0.413. The molecule has 0 aliphatic carbocycles. The summed E-state index contributed by atoms with van der Waals surface area (Å²) in [7, 11) is 0. The molecule has 1 aromatic heterocycles. The first-order valence-corrected chi connectivity index (χ1v) is 5.12. The van der Waals surface area contributed by atoms with Gasteiger partial charge in [0.1, 0.15) is 0 Å². The summed E-state index contributed by atoms with van der Waals surface area (Å²) >= 11 is 9.07. The molecule has 0 atom stereocenters. The largest absolute Gasteiger partial charge is 0.348 e. The number of H-pyrrole nitrogens is 2. The second kappa shape index (κ2) is 3.71. The van der Waals surface area contributed by atoms with Crippen LogP contribution in [0.5, 0.6) is 0 Å². The molecule has 2 N–H and O–H groups in total. The van der Waals surface area contributed by atoms with Crippen molar-refractivity contribution in [1.29, 1.82) is 0 Å². The molecular formula is C8H5BrClN3O2. The van der Waals surface area contributed by atoms with Crippen LogP contribution in [-0.2, 0) is 0 Å². The Balaban J connectivity index is 2.70. The minimum Gasteiger partial charge on any atom is -0.247 e. The fourth-order valence-corrected chi connectivity index (χ4v) is 1.59. The van der Waals surface area contributed by atoms with E-state index in [0.29, 0.717) is 15.2 Å². The van der Waals surface area contributed by atoms with Crippen LogP contribution in [-0.4, -0.2) is 14.8 Å². The van der Waals surface area contributed by atoms with Crippen molar-refractivity contribution in [3.05, 3.63) is 48.7 Å². The van der Waals surface area contributed by atoms with Crippen LogP contribution in [0.4, 0.5) is 0 Å². The smallest absolute Gasteiger partial charge is 0.247 e. The predicted molar refractivity (Wildman–Crippen MR) is 59.7 cm³/mol. The van der Waals surface area contributed by atoms with E-state index in [1.807, 2.05) is 0 Å². The summed E-state index contributed by atoms with van der Waals surface area (Å²) in [6.45, 7) is 0. The molecule has 78 valence electrons. The lowest BCUT2D eigenvalue weighted by molar-refractivity contribution is 0.951. The van der Waals surface area contributed by atoms with Crippen LogP contribution in [0.25, 0.3) is 5.69 Å². The maximum Gasteiger partial charge on any atom is 0.348 e. The first kappa shape index (κ1) is 10.3. The molecule has 5 nitrogen and oxygen atoms in total. The van der Waals surface area contributed by atoms with Gasteiger partial charge in [-0.2, -0.15) is 0 Å². The van der Waals surface area contributed by atoms with Crippen LogP contribution in [0.2, 0.25) is 5.02 Å². The normalized spacial score (nSPS) is 10.5. The highest BCUT2D eigenvalue weighted by Crippen LogP contribution is 2.23. The Bertz CT molecular complexity index is 585. The van der Waals surface area contributed by atoms with E-state index in [-0.39, 0.29) is 0 Å². The standard InChI is InChI=1S/C8H5BrClN3O2/c9-5-2-1-4(3-6(5)10)13-7(14)11-12-8(13)15/h1-3H,(H,11,14)(H,12,15). The lowest BCUT2D eigenvalue weighted by Crippen LogP contribution is -2.24. The zero-order valence-electron chi connectivity index (χ0n) is 7.25. The van der Waals surface area contributed by atoms with Crippen molar-refractivity contribution < 1.29 is 0 Å². The third kappa shape index (κ3) is 1.78. The molecule has 0 fully saturated rings. The van der Waals surface area contributed by atoms with E-state index in [2.05, 4.69) is 26.1 Å². The molecule has 0 saturated heterocycles. The van der Waals surface area contributed by atoms with Gasteiger partial charge in [-0.3, -0.25) is 0 Å². The van der Waals surface area contributed by atoms with E-state index in [9.17, 15) is 9.59 Å². The molecule has 0 bridgehead atoms. The Morgan fingerprint density at radius 3 is 2.33 bits per heavy atom. The predicted octanol–water partition coefficient (Wildman–Crippen LogP) is 1.27. The van der Waals surface area contributed by atoms with Gasteiger partial charge in [0.2, 0.25) is 0 Å². The van der Waals surface area contributed by atoms with E-state index in [0.717, 1.165) is 4.57 Å². The molecule has 0 saturated carbocycles. The maximum absolute atomic E-state index is 11.3. The molecular weight excluding hydrogens is 285 g/mol. The van der Waals surface area contributed by atoms with E-state index < -0.39 is 11.4 Å². The van der Waals surface area contributed by atoms with Gasteiger partial charge >= 0.3 is 11.4 Å².